The van der Waals surface area contributed by atoms with Gasteiger partial charge in [-0.05, 0) is 6.92 Å². The minimum atomic E-state index is -3.82. The first-order chi connectivity index (χ1) is 9.39. The lowest BCUT2D eigenvalue weighted by molar-refractivity contribution is 0.358. The Bertz CT molecular complexity index is 540. The molecule has 1 atom stereocenters. The maximum absolute atomic E-state index is 12.4. The van der Waals surface area contributed by atoms with Gasteiger partial charge in [0.15, 0.2) is 4.90 Å². The van der Waals surface area contributed by atoms with Gasteiger partial charge in [0, 0.05) is 24.7 Å². The molecule has 1 rings (SSSR count). The van der Waals surface area contributed by atoms with E-state index in [0.717, 1.165) is 0 Å². The summed E-state index contributed by atoms with van der Waals surface area (Å²) in [5, 5.41) is 0. The van der Waals surface area contributed by atoms with E-state index in [1.54, 1.807) is 6.92 Å². The van der Waals surface area contributed by atoms with Gasteiger partial charge in [0.2, 0.25) is 10.0 Å². The fraction of sp³-hybridized carbons (Fsp3) is 0.500. The second kappa shape index (κ2) is 8.28. The highest BCUT2D eigenvalue weighted by Gasteiger charge is 2.27. The summed E-state index contributed by atoms with van der Waals surface area (Å²) in [7, 11) is 0.401. The number of hydrogen-bond donors (Lipinski definition) is 2. The number of ether oxygens (including phenoxy) is 3. The molecule has 0 saturated heterocycles. The van der Waals surface area contributed by atoms with Gasteiger partial charge < -0.3 is 19.9 Å². The van der Waals surface area contributed by atoms with Gasteiger partial charge in [-0.25, -0.2) is 13.1 Å². The zero-order valence-corrected chi connectivity index (χ0v) is 14.0. The van der Waals surface area contributed by atoms with Crippen molar-refractivity contribution in [2.24, 2.45) is 5.73 Å². The van der Waals surface area contributed by atoms with Gasteiger partial charge in [-0.15, -0.1) is 12.4 Å². The first-order valence-electron chi connectivity index (χ1n) is 5.92. The van der Waals surface area contributed by atoms with E-state index >= 15 is 0 Å². The average molecular weight is 341 g/mol. The smallest absolute Gasteiger partial charge is 0.248 e. The molecular formula is C12H21ClN2O5S. The lowest BCUT2D eigenvalue weighted by atomic mass is 10.3. The van der Waals surface area contributed by atoms with E-state index in [-0.39, 0.29) is 35.3 Å². The van der Waals surface area contributed by atoms with Crippen LogP contribution in [-0.4, -0.2) is 42.3 Å². The molecule has 0 spiro atoms. The maximum atomic E-state index is 12.4. The van der Waals surface area contributed by atoms with Gasteiger partial charge in [0.25, 0.3) is 0 Å². The summed E-state index contributed by atoms with van der Waals surface area (Å²) in [5.41, 5.74) is 5.43. The number of benzene rings is 1. The highest BCUT2D eigenvalue weighted by molar-refractivity contribution is 7.89. The van der Waals surface area contributed by atoms with Gasteiger partial charge >= 0.3 is 0 Å². The molecule has 7 nitrogen and oxygen atoms in total. The summed E-state index contributed by atoms with van der Waals surface area (Å²) in [6.07, 6.45) is 0. The first kappa shape index (κ1) is 19.8. The molecular weight excluding hydrogens is 320 g/mol. The second-order valence-electron chi connectivity index (χ2n) is 4.12. The normalized spacial score (nSPS) is 12.2. The topological polar surface area (TPSA) is 99.9 Å². The summed E-state index contributed by atoms with van der Waals surface area (Å²) < 4.78 is 42.6. The molecule has 0 saturated carbocycles. The lowest BCUT2D eigenvalue weighted by Gasteiger charge is -2.17. The Balaban J connectivity index is 0.00000400. The summed E-state index contributed by atoms with van der Waals surface area (Å²) in [5.74, 6) is 0.709. The van der Waals surface area contributed by atoms with Crippen LogP contribution < -0.4 is 24.7 Å². The van der Waals surface area contributed by atoms with E-state index in [1.807, 2.05) is 0 Å². The number of methoxy groups -OCH3 is 3. The molecule has 0 aromatic heterocycles. The molecule has 0 amide bonds. The number of nitrogens with two attached hydrogens (primary N) is 1. The van der Waals surface area contributed by atoms with Crippen molar-refractivity contribution >= 4 is 22.4 Å². The fourth-order valence-electron chi connectivity index (χ4n) is 1.61. The molecule has 0 radical (unpaired) electrons. The molecule has 1 aromatic rings. The van der Waals surface area contributed by atoms with Crippen LogP contribution in [0.5, 0.6) is 17.2 Å². The van der Waals surface area contributed by atoms with Crippen molar-refractivity contribution in [2.45, 2.75) is 17.9 Å². The van der Waals surface area contributed by atoms with Gasteiger partial charge in [-0.1, -0.05) is 0 Å². The second-order valence-corrected chi connectivity index (χ2v) is 5.77. The van der Waals surface area contributed by atoms with Gasteiger partial charge in [0.1, 0.15) is 17.2 Å². The van der Waals surface area contributed by atoms with Crippen LogP contribution in [0.1, 0.15) is 6.92 Å². The number of rotatable bonds is 7. The molecule has 1 aromatic carbocycles. The third kappa shape index (κ3) is 4.63. The number of sulfonamides is 1. The van der Waals surface area contributed by atoms with E-state index in [0.29, 0.717) is 5.75 Å². The zero-order valence-electron chi connectivity index (χ0n) is 12.4. The third-order valence-corrected chi connectivity index (χ3v) is 4.30. The number of nitrogens with one attached hydrogen (secondary N) is 1. The highest BCUT2D eigenvalue weighted by Crippen LogP contribution is 2.37. The fourth-order valence-corrected chi connectivity index (χ4v) is 3.17. The SMILES string of the molecule is COc1cc(OC)c(S(=O)(=O)N[C@@H](C)CN)c(OC)c1.Cl. The van der Waals surface area contributed by atoms with Crippen LogP contribution in [0.4, 0.5) is 0 Å². The van der Waals surface area contributed by atoms with Crippen LogP contribution >= 0.6 is 12.4 Å². The molecule has 0 heterocycles. The molecule has 0 aliphatic heterocycles. The monoisotopic (exact) mass is 340 g/mol. The molecule has 0 fully saturated rings. The summed E-state index contributed by atoms with van der Waals surface area (Å²) in [6, 6.07) is 2.55. The van der Waals surface area contributed by atoms with Crippen molar-refractivity contribution in [2.75, 3.05) is 27.9 Å². The van der Waals surface area contributed by atoms with Crippen LogP contribution in [0, 0.1) is 0 Å². The van der Waals surface area contributed by atoms with Crippen molar-refractivity contribution < 1.29 is 22.6 Å². The summed E-state index contributed by atoms with van der Waals surface area (Å²) in [4.78, 5) is -0.0800. The minimum absolute atomic E-state index is 0. The molecule has 0 aliphatic rings. The lowest BCUT2D eigenvalue weighted by Crippen LogP contribution is -2.38. The van der Waals surface area contributed by atoms with E-state index < -0.39 is 16.1 Å². The van der Waals surface area contributed by atoms with Crippen molar-refractivity contribution in [1.82, 2.24) is 4.72 Å². The van der Waals surface area contributed by atoms with Crippen LogP contribution in [0.2, 0.25) is 0 Å². The molecule has 0 unspecified atom stereocenters. The molecule has 122 valence electrons. The maximum Gasteiger partial charge on any atom is 0.248 e. The Labute approximate surface area is 131 Å². The van der Waals surface area contributed by atoms with Gasteiger partial charge in [-0.3, -0.25) is 0 Å². The summed E-state index contributed by atoms with van der Waals surface area (Å²) in [6.45, 7) is 1.85. The van der Waals surface area contributed by atoms with E-state index in [4.69, 9.17) is 19.9 Å². The number of halogens is 1. The molecule has 9 heteroatoms. The largest absolute Gasteiger partial charge is 0.496 e. The highest BCUT2D eigenvalue weighted by atomic mass is 35.5. The van der Waals surface area contributed by atoms with Crippen molar-refractivity contribution in [3.63, 3.8) is 0 Å². The predicted molar refractivity (Wildman–Crippen MR) is 82.2 cm³/mol. The Morgan fingerprint density at radius 2 is 1.62 bits per heavy atom. The molecule has 3 N–H and O–H groups in total. The van der Waals surface area contributed by atoms with E-state index in [9.17, 15) is 8.42 Å². The third-order valence-electron chi connectivity index (χ3n) is 2.65. The van der Waals surface area contributed by atoms with Crippen LogP contribution in [0.3, 0.4) is 0 Å². The average Bonchev–Trinajstić information content (AvgIpc) is 2.44. The molecule has 0 bridgehead atoms. The van der Waals surface area contributed by atoms with Crippen LogP contribution in [0.15, 0.2) is 17.0 Å². The number of hydrogen-bond acceptors (Lipinski definition) is 6. The van der Waals surface area contributed by atoms with E-state index in [1.165, 1.54) is 33.5 Å². The van der Waals surface area contributed by atoms with Crippen molar-refractivity contribution in [3.05, 3.63) is 12.1 Å². The first-order valence-corrected chi connectivity index (χ1v) is 7.40. The van der Waals surface area contributed by atoms with Gasteiger partial charge in [-0.2, -0.15) is 0 Å². The van der Waals surface area contributed by atoms with Crippen molar-refractivity contribution in [3.8, 4) is 17.2 Å². The Morgan fingerprint density at radius 1 is 1.14 bits per heavy atom. The molecule has 21 heavy (non-hydrogen) atoms. The van der Waals surface area contributed by atoms with Crippen molar-refractivity contribution in [1.29, 1.82) is 0 Å². The quantitative estimate of drug-likeness (QED) is 0.760. The van der Waals surface area contributed by atoms with Gasteiger partial charge in [0.05, 0.1) is 21.3 Å². The van der Waals surface area contributed by atoms with Crippen LogP contribution in [-0.2, 0) is 10.0 Å². The van der Waals surface area contributed by atoms with E-state index in [2.05, 4.69) is 4.72 Å². The molecule has 0 aliphatic carbocycles. The Hall–Kier alpha value is -1.22. The predicted octanol–water partition coefficient (Wildman–Crippen LogP) is 0.760. The zero-order chi connectivity index (χ0) is 15.3. The Morgan fingerprint density at radius 3 is 1.95 bits per heavy atom. The van der Waals surface area contributed by atoms with Crippen LogP contribution in [0.25, 0.3) is 0 Å². The Kier molecular flexibility index (Phi) is 7.80. The minimum Gasteiger partial charge on any atom is -0.496 e. The standard InChI is InChI=1S/C12H20N2O5S.ClH/c1-8(7-13)14-20(15,16)12-10(18-3)5-9(17-2)6-11(12)19-4;/h5-6,8,14H,7,13H2,1-4H3;1H/t8-;/m0./s1. The summed E-state index contributed by atoms with van der Waals surface area (Å²) >= 11 is 0.